The summed E-state index contributed by atoms with van der Waals surface area (Å²) < 4.78 is 12.0. The van der Waals surface area contributed by atoms with Crippen LogP contribution in [0.4, 0.5) is 0 Å². The van der Waals surface area contributed by atoms with Gasteiger partial charge in [-0.25, -0.2) is 4.68 Å². The highest BCUT2D eigenvalue weighted by molar-refractivity contribution is 5.77. The molecule has 0 fully saturated rings. The van der Waals surface area contributed by atoms with Gasteiger partial charge in [0.15, 0.2) is 18.1 Å². The van der Waals surface area contributed by atoms with E-state index in [1.165, 1.54) is 10.7 Å². The monoisotopic (exact) mass is 331 g/mol. The lowest BCUT2D eigenvalue weighted by atomic mass is 10.2. The lowest BCUT2D eigenvalue weighted by Gasteiger charge is -2.11. The number of nitrogens with one attached hydrogen (secondary N) is 1. The molecule has 2 aromatic rings. The lowest BCUT2D eigenvalue weighted by molar-refractivity contribution is -0.123. The quantitative estimate of drug-likeness (QED) is 0.820. The molecule has 1 aromatic heterocycles. The van der Waals surface area contributed by atoms with Gasteiger partial charge in [0.1, 0.15) is 0 Å². The molecule has 0 aliphatic carbocycles. The maximum absolute atomic E-state index is 11.8. The van der Waals surface area contributed by atoms with Crippen molar-refractivity contribution < 1.29 is 14.3 Å². The Labute approximate surface area is 140 Å². The van der Waals surface area contributed by atoms with Crippen LogP contribution in [0.3, 0.4) is 0 Å². The highest BCUT2D eigenvalue weighted by Crippen LogP contribution is 2.27. The summed E-state index contributed by atoms with van der Waals surface area (Å²) in [6.07, 6.45) is 0. The molecule has 0 aliphatic rings. The van der Waals surface area contributed by atoms with Gasteiger partial charge >= 0.3 is 0 Å². The van der Waals surface area contributed by atoms with Crippen LogP contribution >= 0.6 is 0 Å². The van der Waals surface area contributed by atoms with Crippen molar-refractivity contribution in [2.75, 3.05) is 20.3 Å². The normalized spacial score (nSPS) is 10.3. The lowest BCUT2D eigenvalue weighted by Crippen LogP contribution is -2.34. The van der Waals surface area contributed by atoms with Gasteiger partial charge in [-0.05, 0) is 37.6 Å². The van der Waals surface area contributed by atoms with Crippen LogP contribution in [0.1, 0.15) is 11.3 Å². The Bertz CT molecular complexity index is 771. The second kappa shape index (κ2) is 8.14. The van der Waals surface area contributed by atoms with Gasteiger partial charge in [-0.15, -0.1) is 0 Å². The van der Waals surface area contributed by atoms with E-state index in [0.717, 1.165) is 11.3 Å². The SMILES string of the molecule is COc1cc(C)ccc1OCC(=O)NCCn1nc(C)ccc1=O. The van der Waals surface area contributed by atoms with Gasteiger partial charge in [-0.3, -0.25) is 9.59 Å². The van der Waals surface area contributed by atoms with Crippen LogP contribution in [-0.2, 0) is 11.3 Å². The summed E-state index contributed by atoms with van der Waals surface area (Å²) in [5.41, 5.74) is 1.59. The number of benzene rings is 1. The molecular formula is C17H21N3O4. The van der Waals surface area contributed by atoms with Crippen molar-refractivity contribution in [1.82, 2.24) is 15.1 Å². The zero-order valence-corrected chi connectivity index (χ0v) is 14.0. The van der Waals surface area contributed by atoms with Gasteiger partial charge < -0.3 is 14.8 Å². The van der Waals surface area contributed by atoms with Gasteiger partial charge in [0.05, 0.1) is 19.3 Å². The van der Waals surface area contributed by atoms with Crippen LogP contribution in [0.5, 0.6) is 11.5 Å². The third-order valence-corrected chi connectivity index (χ3v) is 3.32. The minimum atomic E-state index is -0.279. The van der Waals surface area contributed by atoms with Crippen molar-refractivity contribution in [2.45, 2.75) is 20.4 Å². The van der Waals surface area contributed by atoms with E-state index in [0.29, 0.717) is 24.6 Å². The first-order valence-corrected chi connectivity index (χ1v) is 7.58. The summed E-state index contributed by atoms with van der Waals surface area (Å²) in [4.78, 5) is 23.4. The number of amides is 1. The molecule has 7 nitrogen and oxygen atoms in total. The van der Waals surface area contributed by atoms with E-state index in [4.69, 9.17) is 9.47 Å². The topological polar surface area (TPSA) is 82.4 Å². The van der Waals surface area contributed by atoms with Gasteiger partial charge in [0.25, 0.3) is 11.5 Å². The summed E-state index contributed by atoms with van der Waals surface area (Å²) in [5.74, 6) is 0.812. The van der Waals surface area contributed by atoms with Crippen LogP contribution in [0.15, 0.2) is 35.1 Å². The van der Waals surface area contributed by atoms with Crippen molar-refractivity contribution in [3.8, 4) is 11.5 Å². The molecular weight excluding hydrogens is 310 g/mol. The summed E-state index contributed by atoms with van der Waals surface area (Å²) in [7, 11) is 1.55. The van der Waals surface area contributed by atoms with Crippen LogP contribution in [0.25, 0.3) is 0 Å². The Morgan fingerprint density at radius 2 is 2.00 bits per heavy atom. The molecule has 0 saturated heterocycles. The Hall–Kier alpha value is -2.83. The van der Waals surface area contributed by atoms with Crippen molar-refractivity contribution in [3.05, 3.63) is 51.9 Å². The first-order valence-electron chi connectivity index (χ1n) is 7.58. The van der Waals surface area contributed by atoms with E-state index in [9.17, 15) is 9.59 Å². The molecule has 0 bridgehead atoms. The van der Waals surface area contributed by atoms with Crippen LogP contribution in [0.2, 0.25) is 0 Å². The number of aromatic nitrogens is 2. The van der Waals surface area contributed by atoms with Gasteiger partial charge in [-0.1, -0.05) is 6.07 Å². The smallest absolute Gasteiger partial charge is 0.266 e. The van der Waals surface area contributed by atoms with Crippen molar-refractivity contribution in [3.63, 3.8) is 0 Å². The Morgan fingerprint density at radius 3 is 2.75 bits per heavy atom. The largest absolute Gasteiger partial charge is 0.493 e. The zero-order chi connectivity index (χ0) is 17.5. The maximum Gasteiger partial charge on any atom is 0.266 e. The number of hydrogen-bond donors (Lipinski definition) is 1. The minimum absolute atomic E-state index is 0.129. The van der Waals surface area contributed by atoms with Crippen molar-refractivity contribution >= 4 is 5.91 Å². The Morgan fingerprint density at radius 1 is 1.21 bits per heavy atom. The Balaban J connectivity index is 1.82. The van der Waals surface area contributed by atoms with E-state index in [1.807, 2.05) is 19.1 Å². The van der Waals surface area contributed by atoms with Gasteiger partial charge in [-0.2, -0.15) is 5.10 Å². The standard InChI is InChI=1S/C17H21N3O4/c1-12-4-6-14(15(10-12)23-3)24-11-16(21)18-8-9-20-17(22)7-5-13(2)19-20/h4-7,10H,8-9,11H2,1-3H3,(H,18,21). The first-order chi connectivity index (χ1) is 11.5. The molecule has 0 atom stereocenters. The van der Waals surface area contributed by atoms with E-state index in [-0.39, 0.29) is 18.1 Å². The molecule has 0 spiro atoms. The summed E-state index contributed by atoms with van der Waals surface area (Å²) in [6.45, 7) is 4.22. The number of carbonyl (C=O) groups is 1. The Kier molecular flexibility index (Phi) is 5.95. The van der Waals surface area contributed by atoms with E-state index >= 15 is 0 Å². The first kappa shape index (κ1) is 17.5. The molecule has 2 rings (SSSR count). The van der Waals surface area contributed by atoms with Crippen LogP contribution in [0, 0.1) is 13.8 Å². The molecule has 1 N–H and O–H groups in total. The fourth-order valence-electron chi connectivity index (χ4n) is 2.10. The summed E-state index contributed by atoms with van der Waals surface area (Å²) in [6, 6.07) is 8.59. The average molecular weight is 331 g/mol. The number of nitrogens with zero attached hydrogens (tertiary/aromatic N) is 2. The second-order valence-corrected chi connectivity index (χ2v) is 5.33. The maximum atomic E-state index is 11.8. The molecule has 128 valence electrons. The molecule has 0 radical (unpaired) electrons. The average Bonchev–Trinajstić information content (AvgIpc) is 2.56. The van der Waals surface area contributed by atoms with E-state index < -0.39 is 0 Å². The number of ether oxygens (including phenoxy) is 2. The fraction of sp³-hybridized carbons (Fsp3) is 0.353. The molecule has 0 aliphatic heterocycles. The van der Waals surface area contributed by atoms with E-state index in [2.05, 4.69) is 10.4 Å². The third kappa shape index (κ3) is 4.84. The second-order valence-electron chi connectivity index (χ2n) is 5.33. The molecule has 0 saturated carbocycles. The number of methoxy groups -OCH3 is 1. The van der Waals surface area contributed by atoms with Gasteiger partial charge in [0.2, 0.25) is 0 Å². The molecule has 0 unspecified atom stereocenters. The van der Waals surface area contributed by atoms with Crippen LogP contribution < -0.4 is 20.3 Å². The molecule has 24 heavy (non-hydrogen) atoms. The van der Waals surface area contributed by atoms with Gasteiger partial charge in [0, 0.05) is 12.6 Å². The zero-order valence-electron chi connectivity index (χ0n) is 14.0. The molecule has 1 amide bonds. The predicted octanol–water partition coefficient (Wildman–Crippen LogP) is 1.06. The molecule has 1 heterocycles. The third-order valence-electron chi connectivity index (χ3n) is 3.32. The number of carbonyl (C=O) groups excluding carboxylic acids is 1. The predicted molar refractivity (Wildman–Crippen MR) is 89.5 cm³/mol. The molecule has 1 aromatic carbocycles. The fourth-order valence-corrected chi connectivity index (χ4v) is 2.10. The van der Waals surface area contributed by atoms with Crippen molar-refractivity contribution in [2.24, 2.45) is 0 Å². The molecule has 7 heteroatoms. The van der Waals surface area contributed by atoms with Crippen molar-refractivity contribution in [1.29, 1.82) is 0 Å². The highest BCUT2D eigenvalue weighted by atomic mass is 16.5. The van der Waals surface area contributed by atoms with E-state index in [1.54, 1.807) is 26.2 Å². The number of aryl methyl sites for hydroxylation is 2. The minimum Gasteiger partial charge on any atom is -0.493 e. The summed E-state index contributed by atoms with van der Waals surface area (Å²) in [5, 5.41) is 6.79. The number of hydrogen-bond acceptors (Lipinski definition) is 5. The van der Waals surface area contributed by atoms with Crippen LogP contribution in [-0.4, -0.2) is 35.9 Å². The number of rotatable bonds is 7. The summed E-state index contributed by atoms with van der Waals surface area (Å²) >= 11 is 0. The highest BCUT2D eigenvalue weighted by Gasteiger charge is 2.08.